The van der Waals surface area contributed by atoms with E-state index in [0.29, 0.717) is 11.2 Å². The highest BCUT2D eigenvalue weighted by atomic mass is 16.2. The molecular weight excluding hydrogens is 338 g/mol. The second-order valence-electron chi connectivity index (χ2n) is 8.97. The first-order valence-electron chi connectivity index (χ1n) is 10.6. The van der Waals surface area contributed by atoms with E-state index in [1.807, 2.05) is 18.7 Å². The molecule has 0 aromatic carbocycles. The second kappa shape index (κ2) is 7.38. The van der Waals surface area contributed by atoms with Gasteiger partial charge in [-0.1, -0.05) is 19.3 Å². The summed E-state index contributed by atoms with van der Waals surface area (Å²) in [4.78, 5) is 26.8. The first-order chi connectivity index (χ1) is 13.0. The number of anilines is 1. The molecule has 148 valence electrons. The number of hydrogen-bond acceptors (Lipinski definition) is 5. The van der Waals surface area contributed by atoms with E-state index in [0.717, 1.165) is 56.1 Å². The molecule has 1 aromatic rings. The highest BCUT2D eigenvalue weighted by Gasteiger charge is 2.38. The summed E-state index contributed by atoms with van der Waals surface area (Å²) < 4.78 is 0. The first-order valence-corrected chi connectivity index (χ1v) is 10.6. The summed E-state index contributed by atoms with van der Waals surface area (Å²) in [6, 6.07) is 0.187. The molecule has 0 bridgehead atoms. The molecule has 1 aromatic heterocycles. The topological polar surface area (TPSA) is 75.4 Å². The van der Waals surface area contributed by atoms with Crippen molar-refractivity contribution in [3.8, 4) is 0 Å². The third-order valence-electron chi connectivity index (χ3n) is 6.94. The predicted molar refractivity (Wildman–Crippen MR) is 107 cm³/mol. The van der Waals surface area contributed by atoms with Crippen LogP contribution in [0.5, 0.6) is 0 Å². The molecule has 6 heteroatoms. The number of likely N-dealkylation sites (tertiary alicyclic amines) is 1. The average molecular weight is 372 g/mol. The van der Waals surface area contributed by atoms with Gasteiger partial charge in [0.15, 0.2) is 0 Å². The molecule has 4 rings (SSSR count). The monoisotopic (exact) mass is 371 g/mol. The Bertz CT molecular complexity index is 707. The van der Waals surface area contributed by atoms with E-state index in [1.165, 1.54) is 38.5 Å². The lowest BCUT2D eigenvalue weighted by atomic mass is 9.69. The number of amides is 1. The summed E-state index contributed by atoms with van der Waals surface area (Å²) >= 11 is 0. The van der Waals surface area contributed by atoms with Gasteiger partial charge in [0.05, 0.1) is 0 Å². The van der Waals surface area contributed by atoms with Gasteiger partial charge in [0, 0.05) is 43.5 Å². The molecule has 0 unspecified atom stereocenters. The van der Waals surface area contributed by atoms with Gasteiger partial charge in [0.1, 0.15) is 5.82 Å². The Labute approximate surface area is 162 Å². The summed E-state index contributed by atoms with van der Waals surface area (Å²) in [6.45, 7) is 7.44. The fourth-order valence-electron chi connectivity index (χ4n) is 5.23. The summed E-state index contributed by atoms with van der Waals surface area (Å²) in [5, 5.41) is 0. The number of hydrogen-bond donors (Lipinski definition) is 1. The van der Waals surface area contributed by atoms with Gasteiger partial charge in [0.25, 0.3) is 5.91 Å². The van der Waals surface area contributed by atoms with Gasteiger partial charge in [-0.2, -0.15) is 0 Å². The number of nitrogens with two attached hydrogens (primary N) is 1. The smallest absolute Gasteiger partial charge is 0.291 e. The number of aromatic nitrogens is 2. The van der Waals surface area contributed by atoms with Crippen LogP contribution in [0.2, 0.25) is 0 Å². The minimum absolute atomic E-state index is 0.00694. The van der Waals surface area contributed by atoms with E-state index < -0.39 is 0 Å². The van der Waals surface area contributed by atoms with E-state index in [9.17, 15) is 4.79 Å². The summed E-state index contributed by atoms with van der Waals surface area (Å²) in [7, 11) is 0. The van der Waals surface area contributed by atoms with Gasteiger partial charge in [-0.25, -0.2) is 9.97 Å². The Kier molecular flexibility index (Phi) is 5.10. The third kappa shape index (κ3) is 3.68. The Hall–Kier alpha value is -1.69. The number of nitrogens with zero attached hydrogens (tertiary/aromatic N) is 4. The van der Waals surface area contributed by atoms with Crippen LogP contribution >= 0.6 is 0 Å². The predicted octanol–water partition coefficient (Wildman–Crippen LogP) is 2.82. The molecule has 1 amide bonds. The standard InChI is InChI=1S/C21H33N5O/c1-15-16(2)23-18(24-19(15)25-12-7-17(22)13-25)20(27)26-11-6-10-21(14-26)8-4-3-5-9-21/h17H,3-14,22H2,1-2H3/t17-/m1/s1. The van der Waals surface area contributed by atoms with Gasteiger partial charge in [0.2, 0.25) is 5.82 Å². The number of rotatable bonds is 2. The van der Waals surface area contributed by atoms with Crippen LogP contribution in [0.15, 0.2) is 0 Å². The first kappa shape index (κ1) is 18.7. The number of carbonyl (C=O) groups excluding carboxylic acids is 1. The summed E-state index contributed by atoms with van der Waals surface area (Å²) in [5.74, 6) is 1.26. The molecule has 27 heavy (non-hydrogen) atoms. The zero-order chi connectivity index (χ0) is 19.0. The molecule has 2 aliphatic heterocycles. The van der Waals surface area contributed by atoms with Crippen molar-refractivity contribution in [2.45, 2.75) is 71.3 Å². The van der Waals surface area contributed by atoms with Crippen molar-refractivity contribution in [3.05, 3.63) is 17.1 Å². The molecule has 1 atom stereocenters. The Morgan fingerprint density at radius 3 is 2.52 bits per heavy atom. The number of aryl methyl sites for hydroxylation is 1. The van der Waals surface area contributed by atoms with Crippen molar-refractivity contribution in [2.24, 2.45) is 11.1 Å². The maximum Gasteiger partial charge on any atom is 0.291 e. The van der Waals surface area contributed by atoms with E-state index in [4.69, 9.17) is 10.7 Å². The van der Waals surface area contributed by atoms with Gasteiger partial charge in [-0.05, 0) is 51.4 Å². The Morgan fingerprint density at radius 1 is 1.07 bits per heavy atom. The van der Waals surface area contributed by atoms with Crippen molar-refractivity contribution < 1.29 is 4.79 Å². The molecule has 2 saturated heterocycles. The van der Waals surface area contributed by atoms with E-state index in [-0.39, 0.29) is 11.9 Å². The number of carbonyl (C=O) groups is 1. The summed E-state index contributed by atoms with van der Waals surface area (Å²) in [6.07, 6.45) is 9.83. The van der Waals surface area contributed by atoms with Crippen LogP contribution < -0.4 is 10.6 Å². The molecular formula is C21H33N5O. The quantitative estimate of drug-likeness (QED) is 0.865. The minimum atomic E-state index is 0.00694. The summed E-state index contributed by atoms with van der Waals surface area (Å²) in [5.41, 5.74) is 8.38. The van der Waals surface area contributed by atoms with E-state index in [2.05, 4.69) is 9.88 Å². The molecule has 2 N–H and O–H groups in total. The zero-order valence-electron chi connectivity index (χ0n) is 16.8. The van der Waals surface area contributed by atoms with Crippen LogP contribution in [0.1, 0.15) is 73.2 Å². The van der Waals surface area contributed by atoms with E-state index in [1.54, 1.807) is 0 Å². The Morgan fingerprint density at radius 2 is 1.81 bits per heavy atom. The maximum absolute atomic E-state index is 13.3. The minimum Gasteiger partial charge on any atom is -0.355 e. The van der Waals surface area contributed by atoms with Gasteiger partial charge in [-0.3, -0.25) is 4.79 Å². The SMILES string of the molecule is Cc1nc(C(=O)N2CCCC3(CCCCC3)C2)nc(N2CC[C@@H](N)C2)c1C. The molecule has 3 heterocycles. The average Bonchev–Trinajstić information content (AvgIpc) is 3.10. The van der Waals surface area contributed by atoms with Crippen LogP contribution in [-0.4, -0.2) is 53.0 Å². The Balaban J connectivity index is 1.57. The number of piperidine rings is 1. The van der Waals surface area contributed by atoms with Crippen molar-refractivity contribution in [3.63, 3.8) is 0 Å². The van der Waals surface area contributed by atoms with Crippen LogP contribution in [0.4, 0.5) is 5.82 Å². The third-order valence-corrected chi connectivity index (χ3v) is 6.94. The van der Waals surface area contributed by atoms with Crippen LogP contribution in [0.3, 0.4) is 0 Å². The second-order valence-corrected chi connectivity index (χ2v) is 8.97. The molecule has 3 aliphatic rings. The fourth-order valence-corrected chi connectivity index (χ4v) is 5.23. The zero-order valence-corrected chi connectivity index (χ0v) is 16.8. The highest BCUT2D eigenvalue weighted by Crippen LogP contribution is 2.43. The maximum atomic E-state index is 13.3. The fraction of sp³-hybridized carbons (Fsp3) is 0.762. The highest BCUT2D eigenvalue weighted by molar-refractivity contribution is 5.91. The molecule has 3 fully saturated rings. The molecule has 1 spiro atoms. The van der Waals surface area contributed by atoms with Crippen LogP contribution in [0.25, 0.3) is 0 Å². The molecule has 0 radical (unpaired) electrons. The molecule has 1 aliphatic carbocycles. The van der Waals surface area contributed by atoms with Gasteiger partial charge < -0.3 is 15.5 Å². The van der Waals surface area contributed by atoms with Crippen LogP contribution in [0, 0.1) is 19.3 Å². The molecule has 6 nitrogen and oxygen atoms in total. The van der Waals surface area contributed by atoms with Crippen molar-refractivity contribution in [2.75, 3.05) is 31.1 Å². The normalized spacial score (nSPS) is 25.2. The lowest BCUT2D eigenvalue weighted by Gasteiger charge is -2.45. The van der Waals surface area contributed by atoms with Gasteiger partial charge in [-0.15, -0.1) is 0 Å². The lowest BCUT2D eigenvalue weighted by molar-refractivity contribution is 0.0374. The lowest BCUT2D eigenvalue weighted by Crippen LogP contribution is -2.47. The van der Waals surface area contributed by atoms with Crippen LogP contribution in [-0.2, 0) is 0 Å². The van der Waals surface area contributed by atoms with Crippen molar-refractivity contribution in [1.82, 2.24) is 14.9 Å². The van der Waals surface area contributed by atoms with Crippen molar-refractivity contribution >= 4 is 11.7 Å². The largest absolute Gasteiger partial charge is 0.355 e. The van der Waals surface area contributed by atoms with Crippen molar-refractivity contribution in [1.29, 1.82) is 0 Å². The van der Waals surface area contributed by atoms with Gasteiger partial charge >= 0.3 is 0 Å². The molecule has 1 saturated carbocycles. The van der Waals surface area contributed by atoms with E-state index >= 15 is 0 Å².